The van der Waals surface area contributed by atoms with E-state index in [4.69, 9.17) is 9.72 Å². The molecule has 0 bridgehead atoms. The van der Waals surface area contributed by atoms with Crippen LogP contribution in [0.25, 0.3) is 0 Å². The maximum Gasteiger partial charge on any atom is 0.416 e. The molecule has 3 aliphatic rings. The van der Waals surface area contributed by atoms with Gasteiger partial charge >= 0.3 is 6.18 Å². The number of amides is 1. The number of rotatable bonds is 4. The number of thiophene rings is 1. The number of aliphatic hydroxyl groups excluding tert-OH is 1. The number of nitrogens with zero attached hydrogens (tertiary/aromatic N) is 2. The van der Waals surface area contributed by atoms with E-state index in [0.29, 0.717) is 35.8 Å². The highest BCUT2D eigenvalue weighted by atomic mass is 32.1. The number of fused-ring (bicyclic) bond motifs is 1. The zero-order valence-electron chi connectivity index (χ0n) is 22.8. The van der Waals surface area contributed by atoms with Gasteiger partial charge in [-0.25, -0.2) is 4.98 Å². The third kappa shape index (κ3) is 5.76. The number of halogens is 3. The molecule has 2 aliphatic heterocycles. The van der Waals surface area contributed by atoms with Gasteiger partial charge in [0, 0.05) is 41.5 Å². The minimum absolute atomic E-state index is 0.0786. The van der Waals surface area contributed by atoms with Crippen molar-refractivity contribution in [1.29, 1.82) is 0 Å². The van der Waals surface area contributed by atoms with E-state index in [1.165, 1.54) is 11.0 Å². The van der Waals surface area contributed by atoms with Crippen LogP contribution < -0.4 is 5.56 Å². The molecule has 11 heteroatoms. The summed E-state index contributed by atoms with van der Waals surface area (Å²) in [5, 5.41) is 12.7. The lowest BCUT2D eigenvalue weighted by atomic mass is 10.00. The van der Waals surface area contributed by atoms with E-state index < -0.39 is 23.8 Å². The second-order valence-corrected chi connectivity index (χ2v) is 12.1. The minimum Gasteiger partial charge on any atom is -0.381 e. The second-order valence-electron chi connectivity index (χ2n) is 11.2. The van der Waals surface area contributed by atoms with Crippen LogP contribution in [0.2, 0.25) is 0 Å². The second kappa shape index (κ2) is 11.3. The van der Waals surface area contributed by atoms with Gasteiger partial charge in [0.05, 0.1) is 28.8 Å². The maximum absolute atomic E-state index is 13.3. The molecule has 220 valence electrons. The minimum atomic E-state index is -4.60. The Morgan fingerprint density at radius 2 is 2.02 bits per heavy atom. The highest BCUT2D eigenvalue weighted by Gasteiger charge is 2.50. The molecule has 1 atom stereocenters. The number of carbonyl (C=O) groups is 1. The van der Waals surface area contributed by atoms with E-state index in [-0.39, 0.29) is 29.6 Å². The van der Waals surface area contributed by atoms with Gasteiger partial charge in [-0.2, -0.15) is 13.2 Å². The number of ether oxygens (including phenoxy) is 1. The number of benzene rings is 1. The Morgan fingerprint density at radius 1 is 1.24 bits per heavy atom. The van der Waals surface area contributed by atoms with Crippen LogP contribution in [0.1, 0.15) is 76.9 Å². The Morgan fingerprint density at radius 3 is 2.76 bits per heavy atom. The molecule has 6 rings (SSSR count). The molecule has 4 heterocycles. The number of H-pyrrole nitrogens is 1. The van der Waals surface area contributed by atoms with E-state index >= 15 is 0 Å². The number of aliphatic hydroxyl groups is 1. The van der Waals surface area contributed by atoms with Gasteiger partial charge in [-0.05, 0) is 62.3 Å². The summed E-state index contributed by atoms with van der Waals surface area (Å²) in [5.74, 6) is 6.87. The standard InChI is InChI=1S/C31H30F3N3O4S/c32-31(33,34)22-4-1-3-21(16-22)26(38)28(40)37-12-2-5-24-23(17-37)27(39)36-29(35-24)30(10-11-30)25-15-20(18-42-25)7-6-19-8-13-41-14-9-19/h1,3-4,15-16,18-19,26,38H,2,5,8-14,17H2,(H,35,36,39)/t26-/m1/s1. The van der Waals surface area contributed by atoms with E-state index in [1.807, 2.05) is 5.38 Å². The van der Waals surface area contributed by atoms with E-state index in [9.17, 15) is 27.9 Å². The first-order chi connectivity index (χ1) is 20.1. The summed E-state index contributed by atoms with van der Waals surface area (Å²) in [7, 11) is 0. The summed E-state index contributed by atoms with van der Waals surface area (Å²) in [6.45, 7) is 1.66. The number of alkyl halides is 3. The van der Waals surface area contributed by atoms with Gasteiger partial charge in [-0.1, -0.05) is 24.0 Å². The first kappa shape index (κ1) is 28.6. The molecule has 1 amide bonds. The van der Waals surface area contributed by atoms with Gasteiger partial charge < -0.3 is 19.7 Å². The Balaban J connectivity index is 1.20. The van der Waals surface area contributed by atoms with Crippen LogP contribution in [0.4, 0.5) is 13.2 Å². The third-order valence-corrected chi connectivity index (χ3v) is 9.42. The molecule has 42 heavy (non-hydrogen) atoms. The number of hydrogen-bond donors (Lipinski definition) is 2. The number of aryl methyl sites for hydroxylation is 1. The molecule has 2 N–H and O–H groups in total. The van der Waals surface area contributed by atoms with Crippen LogP contribution in [-0.4, -0.2) is 45.6 Å². The highest BCUT2D eigenvalue weighted by molar-refractivity contribution is 7.10. The Kier molecular flexibility index (Phi) is 7.72. The van der Waals surface area contributed by atoms with Gasteiger partial charge in [0.1, 0.15) is 5.82 Å². The molecule has 0 radical (unpaired) electrons. The lowest BCUT2D eigenvalue weighted by Crippen LogP contribution is -2.36. The van der Waals surface area contributed by atoms with Crippen molar-refractivity contribution in [3.8, 4) is 11.8 Å². The molecule has 2 aromatic heterocycles. The zero-order chi connectivity index (χ0) is 29.5. The molecule has 1 saturated heterocycles. The van der Waals surface area contributed by atoms with Gasteiger partial charge in [0.15, 0.2) is 6.10 Å². The lowest BCUT2D eigenvalue weighted by Gasteiger charge is -2.24. The topological polar surface area (TPSA) is 95.5 Å². The number of nitrogens with one attached hydrogen (secondary N) is 1. The van der Waals surface area contributed by atoms with Crippen molar-refractivity contribution >= 4 is 17.2 Å². The molecule has 0 unspecified atom stereocenters. The zero-order valence-corrected chi connectivity index (χ0v) is 23.6. The quantitative estimate of drug-likeness (QED) is 0.425. The Bertz CT molecular complexity index is 1610. The summed E-state index contributed by atoms with van der Waals surface area (Å²) in [6, 6.07) is 6.19. The molecule has 0 spiro atoms. The van der Waals surface area contributed by atoms with Crippen molar-refractivity contribution in [3.05, 3.63) is 84.7 Å². The van der Waals surface area contributed by atoms with E-state index in [1.54, 1.807) is 11.3 Å². The average molecular weight is 598 g/mol. The van der Waals surface area contributed by atoms with E-state index in [2.05, 4.69) is 22.9 Å². The fourth-order valence-electron chi connectivity index (χ4n) is 5.64. The largest absolute Gasteiger partial charge is 0.416 e. The molecule has 2 fully saturated rings. The van der Waals surface area contributed by atoms with Gasteiger partial charge in [-0.3, -0.25) is 9.59 Å². The number of aromatic nitrogens is 2. The van der Waals surface area contributed by atoms with Crippen molar-refractivity contribution in [1.82, 2.24) is 14.9 Å². The SMILES string of the molecule is O=C([C@H](O)c1cccc(C(F)(F)F)c1)N1CCCc2nc(C3(c4cc(C#CC5CCOCC5)cs4)CC3)[nH]c(=O)c2C1. The van der Waals surface area contributed by atoms with Gasteiger partial charge in [-0.15, -0.1) is 11.3 Å². The molecule has 3 aromatic rings. The lowest BCUT2D eigenvalue weighted by molar-refractivity contribution is -0.142. The molecular formula is C31H30F3N3O4S. The number of hydrogen-bond acceptors (Lipinski definition) is 6. The summed E-state index contributed by atoms with van der Waals surface area (Å²) < 4.78 is 44.9. The van der Waals surface area contributed by atoms with Crippen molar-refractivity contribution in [3.63, 3.8) is 0 Å². The summed E-state index contributed by atoms with van der Waals surface area (Å²) in [4.78, 5) is 36.8. The van der Waals surface area contributed by atoms with E-state index in [0.717, 1.165) is 67.5 Å². The fraction of sp³-hybridized carbons (Fsp3) is 0.452. The predicted octanol–water partition coefficient (Wildman–Crippen LogP) is 4.72. The molecule has 1 aromatic carbocycles. The van der Waals surface area contributed by atoms with Crippen molar-refractivity contribution in [2.24, 2.45) is 5.92 Å². The van der Waals surface area contributed by atoms with Crippen molar-refractivity contribution < 1.29 is 27.8 Å². The van der Waals surface area contributed by atoms with Crippen molar-refractivity contribution in [2.45, 2.75) is 62.8 Å². The molecule has 7 nitrogen and oxygen atoms in total. The smallest absolute Gasteiger partial charge is 0.381 e. The third-order valence-electron chi connectivity index (χ3n) is 8.28. The number of aromatic amines is 1. The average Bonchev–Trinajstić information content (AvgIpc) is 3.71. The van der Waals surface area contributed by atoms with Crippen molar-refractivity contribution in [2.75, 3.05) is 19.8 Å². The molecule has 1 saturated carbocycles. The monoisotopic (exact) mass is 597 g/mol. The Labute approximate surface area is 244 Å². The van der Waals surface area contributed by atoms with Crippen LogP contribution in [0.3, 0.4) is 0 Å². The van der Waals surface area contributed by atoms with Gasteiger partial charge in [0.2, 0.25) is 0 Å². The first-order valence-corrected chi connectivity index (χ1v) is 15.0. The highest BCUT2D eigenvalue weighted by Crippen LogP contribution is 2.54. The predicted molar refractivity (Wildman–Crippen MR) is 150 cm³/mol. The molecular weight excluding hydrogens is 567 g/mol. The molecule has 1 aliphatic carbocycles. The van der Waals surface area contributed by atoms with Crippen LogP contribution in [0.15, 0.2) is 40.5 Å². The summed E-state index contributed by atoms with van der Waals surface area (Å²) >= 11 is 1.62. The summed E-state index contributed by atoms with van der Waals surface area (Å²) in [6.07, 6.45) is -1.80. The number of carbonyl (C=O) groups excluding carboxylic acids is 1. The van der Waals surface area contributed by atoms with Crippen LogP contribution in [0.5, 0.6) is 0 Å². The normalized spacial score (nSPS) is 19.3. The Hall–Kier alpha value is -3.46. The van der Waals surface area contributed by atoms with Crippen LogP contribution >= 0.6 is 11.3 Å². The van der Waals surface area contributed by atoms with Gasteiger partial charge in [0.25, 0.3) is 11.5 Å². The first-order valence-electron chi connectivity index (χ1n) is 14.1. The maximum atomic E-state index is 13.3. The summed E-state index contributed by atoms with van der Waals surface area (Å²) in [5.41, 5.74) is 0.110. The van der Waals surface area contributed by atoms with Crippen LogP contribution in [-0.2, 0) is 34.1 Å². The fourth-order valence-corrected chi connectivity index (χ4v) is 6.74. The van der Waals surface area contributed by atoms with Crippen LogP contribution in [0, 0.1) is 17.8 Å².